The van der Waals surface area contributed by atoms with Gasteiger partial charge in [-0.3, -0.25) is 4.90 Å². The Morgan fingerprint density at radius 1 is 1.50 bits per heavy atom. The molecule has 1 rings (SSSR count). The number of hydrogen-bond donors (Lipinski definition) is 2. The first-order valence-electron chi connectivity index (χ1n) is 5.55. The van der Waals surface area contributed by atoms with E-state index in [1.165, 1.54) is 0 Å². The summed E-state index contributed by atoms with van der Waals surface area (Å²) in [6.45, 7) is 2.55. The molecule has 3 unspecified atom stereocenters. The second kappa shape index (κ2) is 5.33. The van der Waals surface area contributed by atoms with Gasteiger partial charge in [-0.15, -0.1) is 0 Å². The van der Waals surface area contributed by atoms with Gasteiger partial charge in [0.2, 0.25) is 0 Å². The van der Waals surface area contributed by atoms with Gasteiger partial charge in [-0.1, -0.05) is 6.92 Å². The Hall–Kier alpha value is -0.330. The van der Waals surface area contributed by atoms with E-state index >= 15 is 0 Å². The van der Waals surface area contributed by atoms with Crippen molar-refractivity contribution in [1.29, 1.82) is 0 Å². The normalized spacial score (nSPS) is 30.4. The molecule has 0 aromatic carbocycles. The van der Waals surface area contributed by atoms with Crippen LogP contribution in [0.25, 0.3) is 0 Å². The summed E-state index contributed by atoms with van der Waals surface area (Å²) in [4.78, 5) is 1.66. The molecule has 0 saturated carbocycles. The number of hydrogen-bond acceptors (Lipinski definition) is 3. The lowest BCUT2D eigenvalue weighted by Crippen LogP contribution is -2.53. The van der Waals surface area contributed by atoms with Crippen LogP contribution in [-0.2, 0) is 0 Å². The number of piperidine rings is 1. The minimum atomic E-state index is -4.54. The Kier molecular flexibility index (Phi) is 4.58. The Bertz CT molecular complexity index is 223. The zero-order valence-electron chi connectivity index (χ0n) is 9.37. The molecule has 0 aromatic heterocycles. The van der Waals surface area contributed by atoms with Crippen LogP contribution in [0.4, 0.5) is 13.2 Å². The molecule has 0 amide bonds. The van der Waals surface area contributed by atoms with E-state index in [0.717, 1.165) is 12.8 Å². The zero-order valence-corrected chi connectivity index (χ0v) is 9.37. The molecule has 16 heavy (non-hydrogen) atoms. The molecule has 0 spiro atoms. The van der Waals surface area contributed by atoms with Gasteiger partial charge in [0.25, 0.3) is 0 Å². The van der Waals surface area contributed by atoms with Crippen LogP contribution in [-0.4, -0.2) is 48.0 Å². The van der Waals surface area contributed by atoms with E-state index in [1.807, 2.05) is 6.92 Å². The second-order valence-corrected chi connectivity index (χ2v) is 4.47. The summed E-state index contributed by atoms with van der Waals surface area (Å²) in [6.07, 6.45) is -4.96. The number of likely N-dealkylation sites (tertiary alicyclic amines) is 1. The quantitative estimate of drug-likeness (QED) is 0.772. The summed E-state index contributed by atoms with van der Waals surface area (Å²) in [7, 11) is 0. The van der Waals surface area contributed by atoms with Crippen molar-refractivity contribution >= 4 is 0 Å². The number of aliphatic hydroxyl groups excluding tert-OH is 1. The maximum atomic E-state index is 12.2. The summed E-state index contributed by atoms with van der Waals surface area (Å²) in [5, 5.41) is 9.03. The van der Waals surface area contributed by atoms with Crippen molar-refractivity contribution in [3.63, 3.8) is 0 Å². The van der Waals surface area contributed by atoms with Crippen LogP contribution < -0.4 is 5.73 Å². The minimum absolute atomic E-state index is 0.0502. The van der Waals surface area contributed by atoms with Gasteiger partial charge in [0.1, 0.15) is 0 Å². The largest absolute Gasteiger partial charge is 0.415 e. The first kappa shape index (κ1) is 13.7. The zero-order chi connectivity index (χ0) is 12.3. The number of aliphatic hydroxyl groups is 1. The van der Waals surface area contributed by atoms with E-state index in [2.05, 4.69) is 0 Å². The summed E-state index contributed by atoms with van der Waals surface area (Å²) in [5.74, 6) is 0.291. The van der Waals surface area contributed by atoms with Crippen LogP contribution in [0.1, 0.15) is 19.8 Å². The lowest BCUT2D eigenvalue weighted by molar-refractivity contribution is -0.210. The third-order valence-corrected chi connectivity index (χ3v) is 3.26. The molecule has 1 aliphatic rings. The van der Waals surface area contributed by atoms with Gasteiger partial charge in [-0.05, 0) is 25.3 Å². The number of nitrogens with two attached hydrogens (primary N) is 1. The highest BCUT2D eigenvalue weighted by Gasteiger charge is 2.41. The molecule has 3 atom stereocenters. The van der Waals surface area contributed by atoms with E-state index < -0.39 is 12.3 Å². The third kappa shape index (κ3) is 3.33. The number of rotatable bonds is 3. The molecule has 3 nitrogen and oxygen atoms in total. The Labute approximate surface area is 93.4 Å². The third-order valence-electron chi connectivity index (χ3n) is 3.26. The maximum absolute atomic E-state index is 12.2. The van der Waals surface area contributed by atoms with Gasteiger partial charge in [0, 0.05) is 19.1 Å². The van der Waals surface area contributed by atoms with E-state index in [1.54, 1.807) is 4.90 Å². The number of nitrogens with zero attached hydrogens (tertiary/aromatic N) is 1. The van der Waals surface area contributed by atoms with Gasteiger partial charge >= 0.3 is 6.18 Å². The Balaban J connectivity index is 2.57. The summed E-state index contributed by atoms with van der Waals surface area (Å²) in [5.41, 5.74) is 5.56. The molecule has 6 heteroatoms. The fraction of sp³-hybridized carbons (Fsp3) is 1.00. The van der Waals surface area contributed by atoms with Crippen LogP contribution in [0.3, 0.4) is 0 Å². The van der Waals surface area contributed by atoms with Crippen molar-refractivity contribution in [3.05, 3.63) is 0 Å². The van der Waals surface area contributed by atoms with Gasteiger partial charge in [-0.25, -0.2) is 0 Å². The van der Waals surface area contributed by atoms with Crippen LogP contribution in [0.2, 0.25) is 0 Å². The minimum Gasteiger partial charge on any atom is -0.382 e. The smallest absolute Gasteiger partial charge is 0.382 e. The van der Waals surface area contributed by atoms with Crippen molar-refractivity contribution in [2.45, 2.75) is 38.1 Å². The van der Waals surface area contributed by atoms with Crippen molar-refractivity contribution < 1.29 is 18.3 Å². The topological polar surface area (TPSA) is 49.5 Å². The van der Waals surface area contributed by atoms with Crippen LogP contribution in [0, 0.1) is 5.92 Å². The van der Waals surface area contributed by atoms with Crippen molar-refractivity contribution in [2.75, 3.05) is 19.6 Å². The van der Waals surface area contributed by atoms with E-state index in [9.17, 15) is 13.2 Å². The molecular weight excluding hydrogens is 221 g/mol. The molecule has 1 heterocycles. The maximum Gasteiger partial charge on any atom is 0.415 e. The number of halogens is 3. The lowest BCUT2D eigenvalue weighted by Gasteiger charge is -2.40. The average molecular weight is 240 g/mol. The molecule has 0 aliphatic carbocycles. The first-order valence-corrected chi connectivity index (χ1v) is 5.55. The lowest BCUT2D eigenvalue weighted by atomic mass is 9.90. The second-order valence-electron chi connectivity index (χ2n) is 4.47. The summed E-state index contributed by atoms with van der Waals surface area (Å²) < 4.78 is 36.7. The van der Waals surface area contributed by atoms with Gasteiger partial charge in [-0.2, -0.15) is 13.2 Å². The molecule has 0 radical (unpaired) electrons. The van der Waals surface area contributed by atoms with E-state index in [4.69, 9.17) is 10.8 Å². The summed E-state index contributed by atoms with van der Waals surface area (Å²) in [6, 6.07) is -0.0502. The Morgan fingerprint density at radius 2 is 2.12 bits per heavy atom. The van der Waals surface area contributed by atoms with Gasteiger partial charge in [0.15, 0.2) is 6.10 Å². The highest BCUT2D eigenvalue weighted by Crippen LogP contribution is 2.26. The van der Waals surface area contributed by atoms with Crippen LogP contribution in [0.5, 0.6) is 0 Å². The van der Waals surface area contributed by atoms with Crippen molar-refractivity contribution in [3.8, 4) is 0 Å². The number of β-amino-alcohol motifs (C(OH)–C–C–N with tert-alkyl or cyclic N) is 1. The SMILES string of the molecule is CC1CCCN(CC(O)C(F)(F)F)C1CN. The highest BCUT2D eigenvalue weighted by atomic mass is 19.4. The first-order chi connectivity index (χ1) is 7.36. The molecule has 0 aromatic rings. The summed E-state index contributed by atoms with van der Waals surface area (Å²) >= 11 is 0. The highest BCUT2D eigenvalue weighted by molar-refractivity contribution is 4.85. The van der Waals surface area contributed by atoms with Crippen molar-refractivity contribution in [2.24, 2.45) is 11.7 Å². The molecular formula is C10H19F3N2O. The standard InChI is InChI=1S/C10H19F3N2O/c1-7-3-2-4-15(8(7)5-14)6-9(16)10(11,12)13/h7-9,16H,2-6,14H2,1H3. The van der Waals surface area contributed by atoms with Gasteiger partial charge in [0.05, 0.1) is 0 Å². The monoisotopic (exact) mass is 240 g/mol. The fourth-order valence-electron chi connectivity index (χ4n) is 2.27. The predicted molar refractivity (Wildman–Crippen MR) is 54.9 cm³/mol. The predicted octanol–water partition coefficient (Wildman–Crippen LogP) is 0.969. The molecule has 1 aliphatic heterocycles. The molecule has 1 saturated heterocycles. The van der Waals surface area contributed by atoms with Gasteiger partial charge < -0.3 is 10.8 Å². The van der Waals surface area contributed by atoms with E-state index in [-0.39, 0.29) is 12.6 Å². The fourth-order valence-corrected chi connectivity index (χ4v) is 2.27. The molecule has 96 valence electrons. The van der Waals surface area contributed by atoms with Crippen LogP contribution in [0.15, 0.2) is 0 Å². The molecule has 3 N–H and O–H groups in total. The Morgan fingerprint density at radius 3 is 2.62 bits per heavy atom. The number of alkyl halides is 3. The van der Waals surface area contributed by atoms with Crippen molar-refractivity contribution in [1.82, 2.24) is 4.90 Å². The van der Waals surface area contributed by atoms with E-state index in [0.29, 0.717) is 19.0 Å². The average Bonchev–Trinajstić information content (AvgIpc) is 2.16. The van der Waals surface area contributed by atoms with Crippen LogP contribution >= 0.6 is 0 Å². The molecule has 0 bridgehead atoms. The molecule has 1 fully saturated rings.